The van der Waals surface area contributed by atoms with E-state index in [0.29, 0.717) is 0 Å². The third-order valence-electron chi connectivity index (χ3n) is 0.662. The molecular weight excluding hydrogens is 171 g/mol. The van der Waals surface area contributed by atoms with Crippen LogP contribution in [0.15, 0.2) is 0 Å². The van der Waals surface area contributed by atoms with Crippen LogP contribution in [0.3, 0.4) is 0 Å². The lowest BCUT2D eigenvalue weighted by molar-refractivity contribution is -0.387. The molecule has 0 fully saturated rings. The molecule has 0 aliphatic rings. The van der Waals surface area contributed by atoms with Gasteiger partial charge in [0.1, 0.15) is 0 Å². The van der Waals surface area contributed by atoms with Gasteiger partial charge in [-0.1, -0.05) is 0 Å². The first kappa shape index (κ1) is 10.6. The van der Waals surface area contributed by atoms with E-state index in [1.54, 1.807) is 0 Å². The second kappa shape index (κ2) is 2.92. The summed E-state index contributed by atoms with van der Waals surface area (Å²) >= 11 is 0. The Kier molecular flexibility index (Phi) is 2.82. The van der Waals surface area contributed by atoms with Crippen LogP contribution in [-0.4, -0.2) is 12.3 Å². The largest absolute Gasteiger partial charge is 0.482 e. The minimum atomic E-state index is -5.65. The minimum Gasteiger partial charge on any atom is -0.304 e. The first-order valence-corrected chi connectivity index (χ1v) is 2.60. The fraction of sp³-hybridized carbons (Fsp3) is 0.800. The minimum absolute atomic E-state index is 0.438. The molecule has 11 heavy (non-hydrogen) atoms. The number of hydrogen-bond donors (Lipinski definition) is 0. The van der Waals surface area contributed by atoms with Gasteiger partial charge in [0, 0.05) is 0 Å². The normalized spacial score (nSPS) is 14.2. The molecule has 0 atom stereocenters. The van der Waals surface area contributed by atoms with Gasteiger partial charge in [-0.25, -0.2) is 0 Å². The predicted molar refractivity (Wildman–Crippen MR) is 26.7 cm³/mol. The van der Waals surface area contributed by atoms with Crippen LogP contribution >= 0.6 is 0 Å². The standard InChI is InChI=1S/C5H6F5O/c1-3(2)11-5(9,10)4(6,7)8/h1-2H3. The lowest BCUT2D eigenvalue weighted by Crippen LogP contribution is -2.39. The van der Waals surface area contributed by atoms with E-state index >= 15 is 0 Å². The van der Waals surface area contributed by atoms with Gasteiger partial charge in [0.25, 0.3) is 0 Å². The summed E-state index contributed by atoms with van der Waals surface area (Å²) in [6.45, 7) is 2.03. The molecule has 0 aromatic heterocycles. The number of ether oxygens (including phenoxy) is 1. The van der Waals surface area contributed by atoms with Gasteiger partial charge in [0.2, 0.25) is 0 Å². The fourth-order valence-corrected chi connectivity index (χ4v) is 0.314. The average Bonchev–Trinajstić information content (AvgIpc) is 1.56. The van der Waals surface area contributed by atoms with E-state index in [1.165, 1.54) is 0 Å². The zero-order valence-electron chi connectivity index (χ0n) is 5.80. The predicted octanol–water partition coefficient (Wildman–Crippen LogP) is 2.73. The maximum Gasteiger partial charge on any atom is 0.482 e. The molecule has 0 saturated carbocycles. The molecule has 67 valence electrons. The SMILES string of the molecule is C[C](C)OC(F)(F)C(F)(F)F. The molecule has 0 aliphatic carbocycles. The molecule has 0 spiro atoms. The van der Waals surface area contributed by atoms with Gasteiger partial charge in [0.05, 0.1) is 6.10 Å². The molecule has 0 bridgehead atoms. The Morgan fingerprint density at radius 3 is 1.45 bits per heavy atom. The van der Waals surface area contributed by atoms with Crippen molar-refractivity contribution in [2.45, 2.75) is 26.1 Å². The lowest BCUT2D eigenvalue weighted by atomic mass is 10.5. The van der Waals surface area contributed by atoms with Crippen LogP contribution in [0, 0.1) is 6.10 Å². The molecule has 1 nitrogen and oxygen atoms in total. The maximum atomic E-state index is 11.8. The van der Waals surface area contributed by atoms with E-state index in [1.807, 2.05) is 0 Å². The summed E-state index contributed by atoms with van der Waals surface area (Å²) in [5.74, 6) is 0. The summed E-state index contributed by atoms with van der Waals surface area (Å²) in [6, 6.07) is 0. The molecule has 0 aromatic carbocycles. The van der Waals surface area contributed by atoms with E-state index in [9.17, 15) is 22.0 Å². The molecule has 1 radical (unpaired) electrons. The summed E-state index contributed by atoms with van der Waals surface area (Å²) in [5, 5.41) is 0. The third-order valence-corrected chi connectivity index (χ3v) is 0.662. The highest BCUT2D eigenvalue weighted by Gasteiger charge is 2.60. The topological polar surface area (TPSA) is 9.23 Å². The summed E-state index contributed by atoms with van der Waals surface area (Å²) < 4.78 is 60.8. The van der Waals surface area contributed by atoms with E-state index in [4.69, 9.17) is 0 Å². The van der Waals surface area contributed by atoms with Crippen molar-refractivity contribution in [2.75, 3.05) is 0 Å². The quantitative estimate of drug-likeness (QED) is 0.589. The Bertz CT molecular complexity index is 127. The molecule has 0 aromatic rings. The Morgan fingerprint density at radius 2 is 1.36 bits per heavy atom. The highest BCUT2D eigenvalue weighted by Crippen LogP contribution is 2.37. The van der Waals surface area contributed by atoms with Crippen LogP contribution in [0.25, 0.3) is 0 Å². The number of hydrogen-bond acceptors (Lipinski definition) is 1. The Balaban J connectivity index is 4.22. The molecule has 0 unspecified atom stereocenters. The van der Waals surface area contributed by atoms with Gasteiger partial charge < -0.3 is 4.74 Å². The molecule has 0 N–H and O–H groups in total. The number of halogens is 5. The highest BCUT2D eigenvalue weighted by atomic mass is 19.4. The van der Waals surface area contributed by atoms with Crippen molar-refractivity contribution in [3.63, 3.8) is 0 Å². The fourth-order valence-electron chi connectivity index (χ4n) is 0.314. The van der Waals surface area contributed by atoms with Crippen molar-refractivity contribution in [1.29, 1.82) is 0 Å². The third kappa shape index (κ3) is 3.00. The van der Waals surface area contributed by atoms with Crippen LogP contribution in [0.1, 0.15) is 13.8 Å². The van der Waals surface area contributed by atoms with Crippen molar-refractivity contribution in [3.05, 3.63) is 6.10 Å². The van der Waals surface area contributed by atoms with E-state index in [-0.39, 0.29) is 0 Å². The van der Waals surface area contributed by atoms with Crippen molar-refractivity contribution >= 4 is 0 Å². The first-order chi connectivity index (χ1) is 4.67. The Hall–Kier alpha value is -0.390. The molecule has 0 heterocycles. The van der Waals surface area contributed by atoms with Gasteiger partial charge in [-0.05, 0) is 13.8 Å². The highest BCUT2D eigenvalue weighted by molar-refractivity contribution is 4.71. The van der Waals surface area contributed by atoms with E-state index in [2.05, 4.69) is 4.74 Å². The van der Waals surface area contributed by atoms with Gasteiger partial charge >= 0.3 is 12.3 Å². The average molecular weight is 177 g/mol. The first-order valence-electron chi connectivity index (χ1n) is 2.60. The van der Waals surface area contributed by atoms with Crippen molar-refractivity contribution in [2.24, 2.45) is 0 Å². The summed E-state index contributed by atoms with van der Waals surface area (Å²) in [7, 11) is 0. The van der Waals surface area contributed by atoms with Crippen LogP contribution in [0.5, 0.6) is 0 Å². The van der Waals surface area contributed by atoms with Gasteiger partial charge in [0.15, 0.2) is 0 Å². The van der Waals surface area contributed by atoms with Crippen LogP contribution in [0.2, 0.25) is 0 Å². The molecule has 0 amide bonds. The van der Waals surface area contributed by atoms with E-state index < -0.39 is 18.4 Å². The molecule has 6 heteroatoms. The molecular formula is C5H6F5O. The summed E-state index contributed by atoms with van der Waals surface area (Å²) in [6.07, 6.45) is -11.2. The second-order valence-corrected chi connectivity index (χ2v) is 2.02. The number of alkyl halides is 5. The Morgan fingerprint density at radius 1 is 1.00 bits per heavy atom. The van der Waals surface area contributed by atoms with Crippen molar-refractivity contribution < 1.29 is 26.7 Å². The van der Waals surface area contributed by atoms with Crippen molar-refractivity contribution in [1.82, 2.24) is 0 Å². The zero-order chi connectivity index (χ0) is 9.28. The maximum absolute atomic E-state index is 11.8. The lowest BCUT2D eigenvalue weighted by Gasteiger charge is -2.20. The molecule has 0 saturated heterocycles. The molecule has 0 aliphatic heterocycles. The summed E-state index contributed by atoms with van der Waals surface area (Å²) in [5.41, 5.74) is 0. The Labute approximate surface area is 60.1 Å². The smallest absolute Gasteiger partial charge is 0.304 e. The zero-order valence-corrected chi connectivity index (χ0v) is 5.80. The monoisotopic (exact) mass is 177 g/mol. The van der Waals surface area contributed by atoms with Crippen LogP contribution in [-0.2, 0) is 4.74 Å². The second-order valence-electron chi connectivity index (χ2n) is 2.02. The van der Waals surface area contributed by atoms with Gasteiger partial charge in [-0.15, -0.1) is 0 Å². The summed E-state index contributed by atoms with van der Waals surface area (Å²) in [4.78, 5) is 0. The van der Waals surface area contributed by atoms with Crippen LogP contribution < -0.4 is 0 Å². The van der Waals surface area contributed by atoms with E-state index in [0.717, 1.165) is 13.8 Å². The number of rotatable bonds is 2. The van der Waals surface area contributed by atoms with Crippen molar-refractivity contribution in [3.8, 4) is 0 Å². The van der Waals surface area contributed by atoms with Crippen LogP contribution in [0.4, 0.5) is 22.0 Å². The van der Waals surface area contributed by atoms with Gasteiger partial charge in [-0.2, -0.15) is 22.0 Å². The molecule has 0 rings (SSSR count). The van der Waals surface area contributed by atoms with Gasteiger partial charge in [-0.3, -0.25) is 0 Å².